The van der Waals surface area contributed by atoms with Gasteiger partial charge in [-0.15, -0.1) is 0 Å². The maximum Gasteiger partial charge on any atom is 0.337 e. The van der Waals surface area contributed by atoms with E-state index < -0.39 is 17.7 Å². The van der Waals surface area contributed by atoms with E-state index in [1.807, 2.05) is 0 Å². The minimum atomic E-state index is -1.34. The molecule has 1 N–H and O–H groups in total. The van der Waals surface area contributed by atoms with Crippen LogP contribution in [-0.4, -0.2) is 16.1 Å². The predicted octanol–water partition coefficient (Wildman–Crippen LogP) is 1.06. The first-order valence-electron chi connectivity index (χ1n) is 2.65. The third-order valence-corrected chi connectivity index (χ3v) is 1.04. The summed E-state index contributed by atoms with van der Waals surface area (Å²) in [4.78, 5) is 13.0. The Morgan fingerprint density at radius 1 is 1.55 bits per heavy atom. The van der Waals surface area contributed by atoms with Gasteiger partial charge in [-0.25, -0.2) is 14.2 Å². The van der Waals surface area contributed by atoms with Crippen molar-refractivity contribution in [3.05, 3.63) is 29.6 Å². The Morgan fingerprint density at radius 3 is 2.64 bits per heavy atom. The molecule has 1 aromatic heterocycles. The second-order valence-corrected chi connectivity index (χ2v) is 1.80. The summed E-state index contributed by atoms with van der Waals surface area (Å²) in [6, 6.07) is 0.574. The number of carboxylic acid groups (broad SMARTS) is 1. The van der Waals surface area contributed by atoms with Crippen LogP contribution in [0.1, 0.15) is 10.4 Å². The lowest BCUT2D eigenvalue weighted by atomic mass is 10.3. The largest absolute Gasteiger partial charge is 0.478 e. The van der Waals surface area contributed by atoms with Gasteiger partial charge >= 0.3 is 5.97 Å². The van der Waals surface area contributed by atoms with Crippen molar-refractivity contribution in [3.63, 3.8) is 0 Å². The highest BCUT2D eigenvalue weighted by atomic mass is 19.2. The molecule has 58 valence electrons. The maximum absolute atomic E-state index is 12.2. The molecule has 1 heterocycles. The Morgan fingerprint density at radius 2 is 2.18 bits per heavy atom. The van der Waals surface area contributed by atoms with Crippen LogP contribution < -0.4 is 0 Å². The molecular formula is C6H3F2NO2. The zero-order valence-corrected chi connectivity index (χ0v) is 5.21. The number of nitrogens with zero attached hydrogens (tertiary/aromatic N) is 1. The van der Waals surface area contributed by atoms with Crippen molar-refractivity contribution in [1.82, 2.24) is 4.98 Å². The zero-order chi connectivity index (χ0) is 8.43. The third kappa shape index (κ3) is 1.49. The van der Waals surface area contributed by atoms with Crippen LogP contribution in [0.25, 0.3) is 0 Å². The predicted molar refractivity (Wildman–Crippen MR) is 31.1 cm³/mol. The van der Waals surface area contributed by atoms with Crippen LogP contribution in [0.2, 0.25) is 0 Å². The van der Waals surface area contributed by atoms with Crippen LogP contribution >= 0.6 is 0 Å². The molecule has 5 heteroatoms. The van der Waals surface area contributed by atoms with Crippen LogP contribution in [-0.2, 0) is 0 Å². The van der Waals surface area contributed by atoms with E-state index in [1.54, 1.807) is 0 Å². The molecule has 0 atom stereocenters. The molecular weight excluding hydrogens is 156 g/mol. The molecule has 1 rings (SSSR count). The molecule has 0 bridgehead atoms. The number of aromatic carboxylic acids is 1. The molecule has 0 fully saturated rings. The standard InChI is InChI=1S/C6H3F2NO2/c7-4-1-3(6(10)11)2-9-5(4)8/h1-2H,(H,10,11). The molecule has 0 aliphatic rings. The van der Waals surface area contributed by atoms with Gasteiger partial charge in [-0.2, -0.15) is 4.39 Å². The summed E-state index contributed by atoms with van der Waals surface area (Å²) in [5, 5.41) is 8.27. The number of carboxylic acids is 1. The van der Waals surface area contributed by atoms with Crippen molar-refractivity contribution < 1.29 is 18.7 Å². The average Bonchev–Trinajstić information content (AvgIpc) is 1.94. The van der Waals surface area contributed by atoms with Crippen LogP contribution in [0, 0.1) is 11.8 Å². The van der Waals surface area contributed by atoms with E-state index in [2.05, 4.69) is 4.98 Å². The van der Waals surface area contributed by atoms with E-state index in [1.165, 1.54) is 0 Å². The van der Waals surface area contributed by atoms with Crippen molar-refractivity contribution in [3.8, 4) is 0 Å². The lowest BCUT2D eigenvalue weighted by molar-refractivity contribution is 0.0695. The molecule has 0 aliphatic carbocycles. The van der Waals surface area contributed by atoms with Gasteiger partial charge in [-0.1, -0.05) is 0 Å². The average molecular weight is 159 g/mol. The maximum atomic E-state index is 12.2. The van der Waals surface area contributed by atoms with Gasteiger partial charge in [-0.05, 0) is 6.07 Å². The summed E-state index contributed by atoms with van der Waals surface area (Å²) >= 11 is 0. The van der Waals surface area contributed by atoms with Crippen LogP contribution in [0.4, 0.5) is 8.78 Å². The Hall–Kier alpha value is -1.52. The molecule has 0 saturated heterocycles. The van der Waals surface area contributed by atoms with Crippen LogP contribution in [0.15, 0.2) is 12.3 Å². The number of hydrogen-bond acceptors (Lipinski definition) is 2. The Kier molecular flexibility index (Phi) is 1.80. The summed E-state index contributed by atoms with van der Waals surface area (Å²) in [6.45, 7) is 0. The summed E-state index contributed by atoms with van der Waals surface area (Å²) in [6.07, 6.45) is 0.751. The van der Waals surface area contributed by atoms with E-state index in [4.69, 9.17) is 5.11 Å². The first kappa shape index (κ1) is 7.59. The quantitative estimate of drug-likeness (QED) is 0.623. The van der Waals surface area contributed by atoms with Gasteiger partial charge in [0.1, 0.15) is 0 Å². The fourth-order valence-corrected chi connectivity index (χ4v) is 0.538. The van der Waals surface area contributed by atoms with Crippen molar-refractivity contribution in [2.45, 2.75) is 0 Å². The molecule has 0 aliphatic heterocycles. The molecule has 0 aromatic carbocycles. The second-order valence-electron chi connectivity index (χ2n) is 1.80. The third-order valence-electron chi connectivity index (χ3n) is 1.04. The van der Waals surface area contributed by atoms with Gasteiger partial charge < -0.3 is 5.11 Å². The normalized spacial score (nSPS) is 9.64. The van der Waals surface area contributed by atoms with Gasteiger partial charge in [-0.3, -0.25) is 0 Å². The molecule has 0 saturated carbocycles. The molecule has 3 nitrogen and oxygen atoms in total. The molecule has 0 spiro atoms. The summed E-state index contributed by atoms with van der Waals surface area (Å²) in [7, 11) is 0. The molecule has 0 radical (unpaired) electrons. The molecule has 11 heavy (non-hydrogen) atoms. The SMILES string of the molecule is O=C(O)c1cnc(F)c(F)c1. The lowest BCUT2D eigenvalue weighted by Gasteiger charge is -1.93. The number of rotatable bonds is 1. The van der Waals surface area contributed by atoms with Gasteiger partial charge in [0.25, 0.3) is 0 Å². The Labute approximate surface area is 60.3 Å². The van der Waals surface area contributed by atoms with Gasteiger partial charge in [0.2, 0.25) is 5.95 Å². The highest BCUT2D eigenvalue weighted by Crippen LogP contribution is 2.04. The van der Waals surface area contributed by atoms with E-state index >= 15 is 0 Å². The second kappa shape index (κ2) is 2.61. The lowest BCUT2D eigenvalue weighted by Crippen LogP contribution is -2.00. The van der Waals surface area contributed by atoms with Crippen molar-refractivity contribution >= 4 is 5.97 Å². The molecule has 1 aromatic rings. The number of carbonyl (C=O) groups is 1. The van der Waals surface area contributed by atoms with Crippen LogP contribution in [0.5, 0.6) is 0 Å². The van der Waals surface area contributed by atoms with Crippen LogP contribution in [0.3, 0.4) is 0 Å². The van der Waals surface area contributed by atoms with Gasteiger partial charge in [0.05, 0.1) is 5.56 Å². The topological polar surface area (TPSA) is 50.2 Å². The van der Waals surface area contributed by atoms with Crippen molar-refractivity contribution in [2.24, 2.45) is 0 Å². The fraction of sp³-hybridized carbons (Fsp3) is 0. The zero-order valence-electron chi connectivity index (χ0n) is 5.21. The Balaban J connectivity index is 3.15. The van der Waals surface area contributed by atoms with E-state index in [-0.39, 0.29) is 5.56 Å². The number of hydrogen-bond donors (Lipinski definition) is 1. The smallest absolute Gasteiger partial charge is 0.337 e. The summed E-state index contributed by atoms with van der Waals surface area (Å²) in [5.41, 5.74) is -0.371. The summed E-state index contributed by atoms with van der Waals surface area (Å²) < 4.78 is 24.3. The highest BCUT2D eigenvalue weighted by molar-refractivity contribution is 5.87. The van der Waals surface area contributed by atoms with E-state index in [9.17, 15) is 13.6 Å². The minimum Gasteiger partial charge on any atom is -0.478 e. The molecule has 0 amide bonds. The number of aromatic nitrogens is 1. The number of pyridine rings is 1. The van der Waals surface area contributed by atoms with Crippen molar-refractivity contribution in [1.29, 1.82) is 0 Å². The first-order valence-corrected chi connectivity index (χ1v) is 2.65. The van der Waals surface area contributed by atoms with Gasteiger partial charge in [0.15, 0.2) is 5.82 Å². The van der Waals surface area contributed by atoms with E-state index in [0.29, 0.717) is 6.07 Å². The number of halogens is 2. The fourth-order valence-electron chi connectivity index (χ4n) is 0.538. The van der Waals surface area contributed by atoms with Gasteiger partial charge in [0, 0.05) is 6.20 Å². The Bertz CT molecular complexity index is 301. The minimum absolute atomic E-state index is 0.371. The molecule has 0 unspecified atom stereocenters. The highest BCUT2D eigenvalue weighted by Gasteiger charge is 2.08. The van der Waals surface area contributed by atoms with Crippen molar-refractivity contribution in [2.75, 3.05) is 0 Å². The summed E-state index contributed by atoms with van der Waals surface area (Å²) in [5.74, 6) is -3.89. The van der Waals surface area contributed by atoms with E-state index in [0.717, 1.165) is 6.20 Å². The monoisotopic (exact) mass is 159 g/mol. The first-order chi connectivity index (χ1) is 5.11.